The van der Waals surface area contributed by atoms with E-state index in [9.17, 15) is 8.42 Å². The van der Waals surface area contributed by atoms with Crippen LogP contribution in [0.15, 0.2) is 11.2 Å². The number of rotatable bonds is 5. The molecule has 6 nitrogen and oxygen atoms in total. The summed E-state index contributed by atoms with van der Waals surface area (Å²) in [6.45, 7) is 5.13. The van der Waals surface area contributed by atoms with Crippen molar-refractivity contribution in [2.24, 2.45) is 5.73 Å². The van der Waals surface area contributed by atoms with Gasteiger partial charge in [-0.3, -0.25) is 0 Å². The molecule has 0 radical (unpaired) electrons. The molecule has 1 atom stereocenters. The van der Waals surface area contributed by atoms with Crippen LogP contribution in [0.3, 0.4) is 0 Å². The van der Waals surface area contributed by atoms with Crippen LogP contribution in [0.25, 0.3) is 0 Å². The molecule has 1 rings (SSSR count). The Labute approximate surface area is 106 Å². The van der Waals surface area contributed by atoms with E-state index < -0.39 is 15.6 Å². The second-order valence-corrected chi connectivity index (χ2v) is 6.08. The van der Waals surface area contributed by atoms with Gasteiger partial charge in [0.05, 0.1) is 16.7 Å². The lowest BCUT2D eigenvalue weighted by Gasteiger charge is -2.27. The van der Waals surface area contributed by atoms with Crippen molar-refractivity contribution in [1.29, 1.82) is 0 Å². The molecule has 1 aromatic rings. The summed E-state index contributed by atoms with van der Waals surface area (Å²) in [5.74, 6) is 0.527. The van der Waals surface area contributed by atoms with E-state index in [2.05, 4.69) is 14.7 Å². The molecule has 0 saturated heterocycles. The number of aromatic nitrogens is 2. The van der Waals surface area contributed by atoms with E-state index in [-0.39, 0.29) is 10.0 Å². The lowest BCUT2D eigenvalue weighted by molar-refractivity contribution is 0.509. The number of nitrogens with one attached hydrogen (secondary N) is 2. The molecule has 4 N–H and O–H groups in total. The summed E-state index contributed by atoms with van der Waals surface area (Å²) in [6.07, 6.45) is 1.72. The first-order valence-electron chi connectivity index (χ1n) is 5.07. The summed E-state index contributed by atoms with van der Waals surface area (Å²) in [5, 5.41) is 0.00549. The Morgan fingerprint density at radius 3 is 2.65 bits per heavy atom. The third-order valence-electron chi connectivity index (χ3n) is 2.58. The van der Waals surface area contributed by atoms with Crippen molar-refractivity contribution in [3.8, 4) is 0 Å². The van der Waals surface area contributed by atoms with Crippen molar-refractivity contribution in [3.63, 3.8) is 0 Å². The highest BCUT2D eigenvalue weighted by molar-refractivity contribution is 7.89. The monoisotopic (exact) mass is 276 g/mol. The Kier molecular flexibility index (Phi) is 3.90. The Hall–Kier alpha value is -0.990. The van der Waals surface area contributed by atoms with Crippen LogP contribution in [0.1, 0.15) is 26.1 Å². The second-order valence-electron chi connectivity index (χ2n) is 3.99. The number of imidazole rings is 1. The topological polar surface area (TPSA) is 101 Å². The van der Waals surface area contributed by atoms with Crippen LogP contribution in [-0.2, 0) is 10.0 Å². The molecular weight excluding hydrogens is 260 g/mol. The van der Waals surface area contributed by atoms with Crippen LogP contribution < -0.4 is 10.5 Å². The van der Waals surface area contributed by atoms with Gasteiger partial charge in [-0.25, -0.2) is 13.4 Å². The van der Waals surface area contributed by atoms with E-state index in [1.807, 2.05) is 0 Å². The van der Waals surface area contributed by atoms with E-state index in [1.165, 1.54) is 6.20 Å². The minimum absolute atomic E-state index is 0.00549. The maximum atomic E-state index is 12.0. The van der Waals surface area contributed by atoms with Gasteiger partial charge in [0, 0.05) is 0 Å². The van der Waals surface area contributed by atoms with E-state index in [1.54, 1.807) is 20.8 Å². The maximum absolute atomic E-state index is 12.0. The highest BCUT2D eigenvalue weighted by Crippen LogP contribution is 2.15. The Morgan fingerprint density at radius 2 is 2.29 bits per heavy atom. The van der Waals surface area contributed by atoms with Gasteiger partial charge in [0.1, 0.15) is 5.82 Å². The van der Waals surface area contributed by atoms with Crippen molar-refractivity contribution in [2.45, 2.75) is 37.8 Å². The van der Waals surface area contributed by atoms with Crippen LogP contribution in [0.4, 0.5) is 0 Å². The number of nitrogens with zero attached hydrogens (tertiary/aromatic N) is 1. The summed E-state index contributed by atoms with van der Waals surface area (Å²) in [6, 6.07) is 0. The Bertz CT molecular complexity index is 523. The molecule has 0 aliphatic heterocycles. The number of thiocarbonyl (C=S) groups is 1. The van der Waals surface area contributed by atoms with Crippen molar-refractivity contribution in [1.82, 2.24) is 14.7 Å². The van der Waals surface area contributed by atoms with Gasteiger partial charge in [0.25, 0.3) is 10.0 Å². The molecule has 0 spiro atoms. The van der Waals surface area contributed by atoms with Crippen molar-refractivity contribution < 1.29 is 8.42 Å². The van der Waals surface area contributed by atoms with Gasteiger partial charge in [0.15, 0.2) is 5.03 Å². The molecular formula is C9H16N4O2S2. The molecule has 0 saturated carbocycles. The van der Waals surface area contributed by atoms with E-state index >= 15 is 0 Å². The molecule has 1 heterocycles. The smallest absolute Gasteiger partial charge is 0.258 e. The first-order chi connectivity index (χ1) is 7.71. The average Bonchev–Trinajstić information content (AvgIpc) is 2.64. The van der Waals surface area contributed by atoms with Crippen LogP contribution in [0.2, 0.25) is 0 Å². The summed E-state index contributed by atoms with van der Waals surface area (Å²) in [5.41, 5.74) is 4.61. The van der Waals surface area contributed by atoms with Gasteiger partial charge >= 0.3 is 0 Å². The van der Waals surface area contributed by atoms with Crippen LogP contribution >= 0.6 is 12.2 Å². The lowest BCUT2D eigenvalue weighted by atomic mass is 10.0. The second kappa shape index (κ2) is 4.71. The third-order valence-corrected chi connectivity index (χ3v) is 4.54. The summed E-state index contributed by atoms with van der Waals surface area (Å²) in [7, 11) is -3.69. The van der Waals surface area contributed by atoms with Crippen molar-refractivity contribution in [3.05, 3.63) is 12.0 Å². The van der Waals surface area contributed by atoms with Gasteiger partial charge in [-0.2, -0.15) is 4.72 Å². The molecule has 0 aliphatic rings. The number of sulfonamides is 1. The van der Waals surface area contributed by atoms with Crippen molar-refractivity contribution >= 4 is 27.2 Å². The van der Waals surface area contributed by atoms with E-state index in [0.717, 1.165) is 0 Å². The Balaban J connectivity index is 3.06. The fourth-order valence-corrected chi connectivity index (χ4v) is 2.87. The highest BCUT2D eigenvalue weighted by atomic mass is 32.2. The molecule has 8 heteroatoms. The first kappa shape index (κ1) is 14.1. The molecule has 96 valence electrons. The predicted octanol–water partition coefficient (Wildman–Crippen LogP) is 0.451. The van der Waals surface area contributed by atoms with Crippen LogP contribution in [-0.4, -0.2) is 28.9 Å². The molecule has 0 aliphatic carbocycles. The molecule has 0 fully saturated rings. The minimum atomic E-state index is -3.69. The highest BCUT2D eigenvalue weighted by Gasteiger charge is 2.32. The number of hydrogen-bond acceptors (Lipinski definition) is 4. The summed E-state index contributed by atoms with van der Waals surface area (Å²) in [4.78, 5) is 6.61. The predicted molar refractivity (Wildman–Crippen MR) is 69.1 cm³/mol. The third kappa shape index (κ3) is 3.02. The zero-order valence-electron chi connectivity index (χ0n) is 9.94. The molecule has 1 aromatic heterocycles. The molecule has 0 bridgehead atoms. The van der Waals surface area contributed by atoms with Gasteiger partial charge in [-0.15, -0.1) is 0 Å². The number of nitrogens with two attached hydrogens (primary N) is 1. The van der Waals surface area contributed by atoms with Gasteiger partial charge < -0.3 is 10.7 Å². The first-order valence-corrected chi connectivity index (χ1v) is 6.96. The zero-order valence-corrected chi connectivity index (χ0v) is 11.6. The lowest BCUT2D eigenvalue weighted by Crippen LogP contribution is -2.53. The zero-order chi connectivity index (χ0) is 13.3. The molecule has 1 unspecified atom stereocenters. The molecule has 0 aromatic carbocycles. The molecule has 17 heavy (non-hydrogen) atoms. The minimum Gasteiger partial charge on any atom is -0.392 e. The summed E-state index contributed by atoms with van der Waals surface area (Å²) >= 11 is 4.88. The fraction of sp³-hybridized carbons (Fsp3) is 0.556. The number of aryl methyl sites for hydroxylation is 1. The van der Waals surface area contributed by atoms with Crippen LogP contribution in [0.5, 0.6) is 0 Å². The average molecular weight is 276 g/mol. The normalized spacial score (nSPS) is 15.5. The quantitative estimate of drug-likeness (QED) is 0.678. The number of H-pyrrole nitrogens is 1. The standard InChI is InChI=1S/C9H16N4O2S2/c1-4-9(3,8(10)16)13-17(14,15)7-5-11-6(2)12-7/h5,13H,4H2,1-3H3,(H2,10,16)(H,11,12). The number of hydrogen-bond donors (Lipinski definition) is 3. The van der Waals surface area contributed by atoms with Crippen LogP contribution in [0, 0.1) is 6.92 Å². The summed E-state index contributed by atoms with van der Waals surface area (Å²) < 4.78 is 26.5. The van der Waals surface area contributed by atoms with E-state index in [0.29, 0.717) is 12.2 Å². The number of aromatic amines is 1. The van der Waals surface area contributed by atoms with E-state index in [4.69, 9.17) is 18.0 Å². The SMILES string of the molecule is CCC(C)(NS(=O)(=O)c1cnc(C)[nH]1)C(N)=S. The van der Waals surface area contributed by atoms with Crippen molar-refractivity contribution in [2.75, 3.05) is 0 Å². The van der Waals surface area contributed by atoms with Gasteiger partial charge in [-0.1, -0.05) is 19.1 Å². The van der Waals surface area contributed by atoms with Gasteiger partial charge in [0.2, 0.25) is 0 Å². The molecule has 0 amide bonds. The largest absolute Gasteiger partial charge is 0.392 e. The Morgan fingerprint density at radius 1 is 1.71 bits per heavy atom. The fourth-order valence-electron chi connectivity index (χ4n) is 1.18. The van der Waals surface area contributed by atoms with Gasteiger partial charge in [-0.05, 0) is 20.3 Å². The maximum Gasteiger partial charge on any atom is 0.258 e.